The molecule has 0 bridgehead atoms. The number of hydrogen-bond donors (Lipinski definition) is 5. The molecule has 156 valence electrons. The molecule has 0 aliphatic carbocycles. The van der Waals surface area contributed by atoms with E-state index in [1.807, 2.05) is 19.1 Å². The second-order valence-corrected chi connectivity index (χ2v) is 7.53. The number of anilines is 2. The lowest BCUT2D eigenvalue weighted by atomic mass is 10.2. The number of carboxylic acid groups (broad SMARTS) is 1. The molecule has 0 atom stereocenters. The Hall–Kier alpha value is -3.99. The quantitative estimate of drug-likeness (QED) is 0.293. The van der Waals surface area contributed by atoms with Crippen molar-refractivity contribution in [2.45, 2.75) is 6.92 Å². The highest BCUT2D eigenvalue weighted by atomic mass is 79.9. The summed E-state index contributed by atoms with van der Waals surface area (Å²) < 4.78 is 0.796. The van der Waals surface area contributed by atoms with Crippen molar-refractivity contribution in [3.63, 3.8) is 0 Å². The summed E-state index contributed by atoms with van der Waals surface area (Å²) in [7, 11) is 0. The Bertz CT molecular complexity index is 1340. The number of benzene rings is 2. The zero-order valence-electron chi connectivity index (χ0n) is 16.0. The number of halogens is 1. The molecule has 31 heavy (non-hydrogen) atoms. The molecule has 0 radical (unpaired) electrons. The molecule has 0 saturated carbocycles. The number of fused-ring (bicyclic) bond motifs is 1. The van der Waals surface area contributed by atoms with Crippen LogP contribution < -0.4 is 10.6 Å². The highest BCUT2D eigenvalue weighted by molar-refractivity contribution is 9.10. The smallest absolute Gasteiger partial charge is 0.335 e. The Kier molecular flexibility index (Phi) is 5.26. The van der Waals surface area contributed by atoms with Crippen molar-refractivity contribution >= 4 is 56.4 Å². The number of aryl methyl sites for hydroxylation is 1. The van der Waals surface area contributed by atoms with E-state index >= 15 is 0 Å². The van der Waals surface area contributed by atoms with Crippen LogP contribution in [0.4, 0.5) is 11.6 Å². The van der Waals surface area contributed by atoms with E-state index in [0.29, 0.717) is 16.7 Å². The van der Waals surface area contributed by atoms with E-state index in [0.717, 1.165) is 10.0 Å². The zero-order chi connectivity index (χ0) is 22.1. The second-order valence-electron chi connectivity index (χ2n) is 6.62. The third-order valence-electron chi connectivity index (χ3n) is 4.49. The normalized spacial score (nSPS) is 10.8. The van der Waals surface area contributed by atoms with Gasteiger partial charge in [-0.1, -0.05) is 22.0 Å². The van der Waals surface area contributed by atoms with Crippen LogP contribution in [0.2, 0.25) is 0 Å². The van der Waals surface area contributed by atoms with Crippen molar-refractivity contribution in [2.75, 3.05) is 10.6 Å². The first-order valence-corrected chi connectivity index (χ1v) is 9.76. The van der Waals surface area contributed by atoms with Crippen LogP contribution in [0.15, 0.2) is 47.2 Å². The number of carboxylic acids is 1. The summed E-state index contributed by atoms with van der Waals surface area (Å²) in [5, 5.41) is 14.4. The number of aromatic carboxylic acids is 1. The number of amides is 2. The lowest BCUT2D eigenvalue weighted by molar-refractivity contribution is 0.0696. The minimum absolute atomic E-state index is 0.0446. The number of H-pyrrole nitrogens is 2. The Morgan fingerprint density at radius 1 is 1.06 bits per heavy atom. The van der Waals surface area contributed by atoms with Gasteiger partial charge in [-0.05, 0) is 42.8 Å². The van der Waals surface area contributed by atoms with Gasteiger partial charge in [-0.2, -0.15) is 0 Å². The minimum Gasteiger partial charge on any atom is -0.478 e. The highest BCUT2D eigenvalue weighted by Gasteiger charge is 2.22. The van der Waals surface area contributed by atoms with Crippen LogP contribution >= 0.6 is 15.9 Å². The highest BCUT2D eigenvalue weighted by Crippen LogP contribution is 2.22. The number of nitrogens with one attached hydrogen (secondary N) is 4. The van der Waals surface area contributed by atoms with Gasteiger partial charge in [0.05, 0.1) is 22.9 Å². The van der Waals surface area contributed by atoms with Crippen molar-refractivity contribution in [3.05, 3.63) is 69.7 Å². The molecule has 0 spiro atoms. The molecule has 5 N–H and O–H groups in total. The third-order valence-corrected chi connectivity index (χ3v) is 4.98. The molecule has 2 aromatic carbocycles. The van der Waals surface area contributed by atoms with E-state index in [2.05, 4.69) is 46.5 Å². The van der Waals surface area contributed by atoms with Gasteiger partial charge >= 0.3 is 5.97 Å². The van der Waals surface area contributed by atoms with Crippen molar-refractivity contribution in [1.29, 1.82) is 0 Å². The molecule has 11 heteroatoms. The molecule has 0 saturated heterocycles. The molecule has 4 rings (SSSR count). The van der Waals surface area contributed by atoms with E-state index in [9.17, 15) is 14.4 Å². The van der Waals surface area contributed by atoms with Crippen LogP contribution in [0.1, 0.15) is 36.9 Å². The number of aromatic amines is 2. The van der Waals surface area contributed by atoms with Crippen LogP contribution in [0.3, 0.4) is 0 Å². The number of carbonyl (C=O) groups excluding carboxylic acids is 2. The van der Waals surface area contributed by atoms with E-state index in [4.69, 9.17) is 5.11 Å². The number of nitrogens with zero attached hydrogens (tertiary/aromatic N) is 2. The Labute approximate surface area is 183 Å². The van der Waals surface area contributed by atoms with Gasteiger partial charge in [-0.15, -0.1) is 0 Å². The maximum absolute atomic E-state index is 12.7. The molecule has 2 heterocycles. The summed E-state index contributed by atoms with van der Waals surface area (Å²) in [6.07, 6.45) is 1.25. The van der Waals surface area contributed by atoms with Crippen LogP contribution in [-0.4, -0.2) is 42.8 Å². The van der Waals surface area contributed by atoms with Crippen molar-refractivity contribution in [3.8, 4) is 0 Å². The van der Waals surface area contributed by atoms with Crippen molar-refractivity contribution < 1.29 is 19.5 Å². The van der Waals surface area contributed by atoms with Gasteiger partial charge in [-0.25, -0.2) is 14.8 Å². The molecule has 0 aliphatic heterocycles. The fourth-order valence-electron chi connectivity index (χ4n) is 2.92. The maximum atomic E-state index is 12.7. The Balaban J connectivity index is 1.54. The monoisotopic (exact) mass is 482 g/mol. The van der Waals surface area contributed by atoms with Gasteiger partial charge < -0.3 is 20.4 Å². The van der Waals surface area contributed by atoms with E-state index < -0.39 is 17.8 Å². The van der Waals surface area contributed by atoms with Crippen molar-refractivity contribution in [2.24, 2.45) is 0 Å². The van der Waals surface area contributed by atoms with Crippen LogP contribution in [-0.2, 0) is 0 Å². The summed E-state index contributed by atoms with van der Waals surface area (Å²) in [6, 6.07) is 9.80. The van der Waals surface area contributed by atoms with Crippen LogP contribution in [0.5, 0.6) is 0 Å². The number of rotatable bonds is 5. The second kappa shape index (κ2) is 8.03. The largest absolute Gasteiger partial charge is 0.478 e. The lowest BCUT2D eigenvalue weighted by Gasteiger charge is -2.08. The zero-order valence-corrected chi connectivity index (χ0v) is 17.6. The minimum atomic E-state index is -1.07. The predicted octanol–water partition coefficient (Wildman–Crippen LogP) is 3.56. The van der Waals surface area contributed by atoms with Gasteiger partial charge in [-0.3, -0.25) is 14.9 Å². The Morgan fingerprint density at radius 2 is 1.87 bits per heavy atom. The van der Waals surface area contributed by atoms with Gasteiger partial charge in [0.1, 0.15) is 5.69 Å². The van der Waals surface area contributed by atoms with E-state index in [1.165, 1.54) is 24.5 Å². The first-order chi connectivity index (χ1) is 14.8. The molecule has 2 aromatic heterocycles. The van der Waals surface area contributed by atoms with E-state index in [1.54, 1.807) is 6.07 Å². The average Bonchev–Trinajstić information content (AvgIpc) is 3.36. The summed E-state index contributed by atoms with van der Waals surface area (Å²) in [5.74, 6) is -2.16. The van der Waals surface area contributed by atoms with Crippen molar-refractivity contribution in [1.82, 2.24) is 19.9 Å². The summed E-state index contributed by atoms with van der Waals surface area (Å²) >= 11 is 3.36. The average molecular weight is 483 g/mol. The van der Waals surface area contributed by atoms with Gasteiger partial charge in [0, 0.05) is 10.2 Å². The molecular weight excluding hydrogens is 468 g/mol. The maximum Gasteiger partial charge on any atom is 0.335 e. The SMILES string of the molecule is Cc1ccc(Br)cc1NC(=O)c1nc[nH]c1C(=O)Nc1nc2ccc(C(=O)O)cc2[nH]1. The topological polar surface area (TPSA) is 153 Å². The number of hydrogen-bond acceptors (Lipinski definition) is 5. The predicted molar refractivity (Wildman–Crippen MR) is 116 cm³/mol. The molecule has 0 fully saturated rings. The molecule has 0 aliphatic rings. The first-order valence-electron chi connectivity index (χ1n) is 8.97. The number of carbonyl (C=O) groups is 3. The van der Waals surface area contributed by atoms with Crippen LogP contribution in [0, 0.1) is 6.92 Å². The summed E-state index contributed by atoms with van der Waals surface area (Å²) in [4.78, 5) is 50.2. The third kappa shape index (κ3) is 4.16. The molecule has 4 aromatic rings. The first kappa shape index (κ1) is 20.3. The number of imidazole rings is 2. The fraction of sp³-hybridized carbons (Fsp3) is 0.0500. The van der Waals surface area contributed by atoms with Gasteiger partial charge in [0.15, 0.2) is 5.69 Å². The molecule has 0 unspecified atom stereocenters. The fourth-order valence-corrected chi connectivity index (χ4v) is 3.28. The summed E-state index contributed by atoms with van der Waals surface area (Å²) in [6.45, 7) is 1.84. The standard InChI is InChI=1S/C20H15BrN6O4/c1-9-2-4-11(21)7-13(9)24-17(28)15-16(23-8-22-15)18(29)27-20-25-12-5-3-10(19(30)31)6-14(12)26-20/h2-8H,1H3,(H,22,23)(H,24,28)(H,30,31)(H2,25,26,27,29). The van der Waals surface area contributed by atoms with Crippen LogP contribution in [0.25, 0.3) is 11.0 Å². The molecular formula is C20H15BrN6O4. The summed E-state index contributed by atoms with van der Waals surface area (Å²) in [5.41, 5.74) is 2.32. The molecule has 2 amide bonds. The van der Waals surface area contributed by atoms with Gasteiger partial charge in [0.2, 0.25) is 5.95 Å². The molecule has 10 nitrogen and oxygen atoms in total. The Morgan fingerprint density at radius 3 is 2.65 bits per heavy atom. The lowest BCUT2D eigenvalue weighted by Crippen LogP contribution is -2.21. The van der Waals surface area contributed by atoms with E-state index in [-0.39, 0.29) is 22.9 Å². The van der Waals surface area contributed by atoms with Gasteiger partial charge in [0.25, 0.3) is 11.8 Å². The number of aromatic nitrogens is 4.